The molecule has 1 rings (SSSR count). The number of hydrogen-bond acceptors (Lipinski definition) is 2. The van der Waals surface area contributed by atoms with E-state index in [4.69, 9.17) is 0 Å². The molecule has 0 N–H and O–H groups in total. The second-order valence-corrected chi connectivity index (χ2v) is 2.64. The summed E-state index contributed by atoms with van der Waals surface area (Å²) >= 11 is 0. The summed E-state index contributed by atoms with van der Waals surface area (Å²) in [7, 11) is 0. The van der Waals surface area contributed by atoms with Crippen LogP contribution in [0, 0.1) is 5.41 Å². The van der Waals surface area contributed by atoms with E-state index < -0.39 is 5.41 Å². The largest absolute Gasteiger partial charge is 0.302 e. The van der Waals surface area contributed by atoms with Crippen LogP contribution in [0.15, 0.2) is 12.2 Å². The Hall–Kier alpha value is -0.920. The number of allylic oxidation sites excluding steroid dienone is 2. The monoisotopic (exact) mass is 138 g/mol. The molecule has 0 unspecified atom stereocenters. The molecule has 0 atom stereocenters. The van der Waals surface area contributed by atoms with Gasteiger partial charge >= 0.3 is 0 Å². The van der Waals surface area contributed by atoms with Gasteiger partial charge in [-0.25, -0.2) is 0 Å². The van der Waals surface area contributed by atoms with Gasteiger partial charge in [-0.3, -0.25) is 4.79 Å². The summed E-state index contributed by atoms with van der Waals surface area (Å²) in [6.45, 7) is 1.78. The van der Waals surface area contributed by atoms with E-state index >= 15 is 0 Å². The molecule has 0 bridgehead atoms. The van der Waals surface area contributed by atoms with Crippen LogP contribution < -0.4 is 0 Å². The maximum atomic E-state index is 11.0. The summed E-state index contributed by atoms with van der Waals surface area (Å²) < 4.78 is 0. The molecule has 1 fully saturated rings. The van der Waals surface area contributed by atoms with Crippen LogP contribution in [0.2, 0.25) is 0 Å². The Balaban J connectivity index is 2.64. The van der Waals surface area contributed by atoms with Gasteiger partial charge in [0.25, 0.3) is 0 Å². The maximum Gasteiger partial charge on any atom is 0.168 e. The lowest BCUT2D eigenvalue weighted by atomic mass is 10.0. The van der Waals surface area contributed by atoms with Gasteiger partial charge < -0.3 is 4.79 Å². The van der Waals surface area contributed by atoms with Gasteiger partial charge in [-0.15, -0.1) is 0 Å². The summed E-state index contributed by atoms with van der Waals surface area (Å²) in [6, 6.07) is 0. The topological polar surface area (TPSA) is 34.1 Å². The molecule has 0 aromatic carbocycles. The molecule has 1 saturated carbocycles. The molecule has 54 valence electrons. The minimum Gasteiger partial charge on any atom is -0.302 e. The molecule has 0 aliphatic heterocycles. The SMILES string of the molecule is CC=CC(=O)C1(C=O)CC1. The highest BCUT2D eigenvalue weighted by atomic mass is 16.1. The number of ketones is 1. The molecule has 2 heteroatoms. The fourth-order valence-electron chi connectivity index (χ4n) is 0.874. The van der Waals surface area contributed by atoms with Gasteiger partial charge in [-0.2, -0.15) is 0 Å². The van der Waals surface area contributed by atoms with Crippen molar-refractivity contribution < 1.29 is 9.59 Å². The zero-order valence-corrected chi connectivity index (χ0v) is 5.96. The zero-order valence-electron chi connectivity index (χ0n) is 5.96. The van der Waals surface area contributed by atoms with Crippen molar-refractivity contribution in [2.45, 2.75) is 19.8 Å². The molecule has 1 aliphatic carbocycles. The first-order chi connectivity index (χ1) is 4.75. The van der Waals surface area contributed by atoms with Crippen LogP contribution in [0.25, 0.3) is 0 Å². The van der Waals surface area contributed by atoms with Crippen LogP contribution in [-0.2, 0) is 9.59 Å². The molecular weight excluding hydrogens is 128 g/mol. The number of hydrogen-bond donors (Lipinski definition) is 0. The van der Waals surface area contributed by atoms with E-state index in [1.165, 1.54) is 6.08 Å². The van der Waals surface area contributed by atoms with Crippen molar-refractivity contribution in [3.05, 3.63) is 12.2 Å². The van der Waals surface area contributed by atoms with Gasteiger partial charge in [0, 0.05) is 0 Å². The Bertz CT molecular complexity index is 187. The average Bonchev–Trinajstić information content (AvgIpc) is 2.68. The highest BCUT2D eigenvalue weighted by molar-refractivity contribution is 6.07. The van der Waals surface area contributed by atoms with E-state index in [1.54, 1.807) is 13.0 Å². The number of carbonyl (C=O) groups excluding carboxylic acids is 2. The van der Waals surface area contributed by atoms with Gasteiger partial charge in [0.15, 0.2) is 5.78 Å². The van der Waals surface area contributed by atoms with Crippen molar-refractivity contribution in [3.8, 4) is 0 Å². The molecule has 0 spiro atoms. The van der Waals surface area contributed by atoms with Gasteiger partial charge in [0.05, 0.1) is 5.41 Å². The minimum absolute atomic E-state index is 0.0370. The molecule has 10 heavy (non-hydrogen) atoms. The molecule has 2 nitrogen and oxygen atoms in total. The Labute approximate surface area is 59.9 Å². The zero-order chi connectivity index (χ0) is 7.61. The van der Waals surface area contributed by atoms with Crippen molar-refractivity contribution in [3.63, 3.8) is 0 Å². The lowest BCUT2D eigenvalue weighted by molar-refractivity contribution is -0.125. The normalized spacial score (nSPS) is 20.9. The third-order valence-electron chi connectivity index (χ3n) is 1.82. The summed E-state index contributed by atoms with van der Waals surface area (Å²) in [5, 5.41) is 0. The van der Waals surface area contributed by atoms with Crippen LogP contribution in [0.5, 0.6) is 0 Å². The van der Waals surface area contributed by atoms with E-state index in [0.29, 0.717) is 0 Å². The van der Waals surface area contributed by atoms with Crippen LogP contribution >= 0.6 is 0 Å². The number of rotatable bonds is 3. The van der Waals surface area contributed by atoms with Crippen molar-refractivity contribution >= 4 is 12.1 Å². The third-order valence-corrected chi connectivity index (χ3v) is 1.82. The first kappa shape index (κ1) is 7.19. The molecular formula is C8H10O2. The lowest BCUT2D eigenvalue weighted by Crippen LogP contribution is -2.13. The van der Waals surface area contributed by atoms with Crippen molar-refractivity contribution in [1.82, 2.24) is 0 Å². The molecule has 0 radical (unpaired) electrons. The highest BCUT2D eigenvalue weighted by Gasteiger charge is 2.48. The van der Waals surface area contributed by atoms with E-state index in [-0.39, 0.29) is 5.78 Å². The van der Waals surface area contributed by atoms with Gasteiger partial charge in [-0.1, -0.05) is 6.08 Å². The fraction of sp³-hybridized carbons (Fsp3) is 0.500. The smallest absolute Gasteiger partial charge is 0.168 e. The van der Waals surface area contributed by atoms with Crippen molar-refractivity contribution in [2.24, 2.45) is 5.41 Å². The fourth-order valence-corrected chi connectivity index (χ4v) is 0.874. The second-order valence-electron chi connectivity index (χ2n) is 2.64. The maximum absolute atomic E-state index is 11.0. The predicted octanol–water partition coefficient (Wildman–Crippen LogP) is 1.11. The van der Waals surface area contributed by atoms with E-state index in [0.717, 1.165) is 19.1 Å². The summed E-state index contributed by atoms with van der Waals surface area (Å²) in [5.41, 5.74) is -0.605. The van der Waals surface area contributed by atoms with Crippen LogP contribution in [-0.4, -0.2) is 12.1 Å². The Morgan fingerprint density at radius 3 is 2.40 bits per heavy atom. The first-order valence-electron chi connectivity index (χ1n) is 3.38. The highest BCUT2D eigenvalue weighted by Crippen LogP contribution is 2.44. The average molecular weight is 138 g/mol. The number of aldehydes is 1. The molecule has 1 aliphatic rings. The minimum atomic E-state index is -0.605. The lowest BCUT2D eigenvalue weighted by Gasteiger charge is -1.97. The summed E-state index contributed by atoms with van der Waals surface area (Å²) in [6.07, 6.45) is 5.39. The molecule has 0 heterocycles. The quantitative estimate of drug-likeness (QED) is 0.332. The summed E-state index contributed by atoms with van der Waals surface area (Å²) in [5.74, 6) is -0.0370. The van der Waals surface area contributed by atoms with Gasteiger partial charge in [0.2, 0.25) is 0 Å². The van der Waals surface area contributed by atoms with E-state index in [9.17, 15) is 9.59 Å². The standard InChI is InChI=1S/C8H10O2/c1-2-3-7(10)8(6-9)4-5-8/h2-3,6H,4-5H2,1H3. The van der Waals surface area contributed by atoms with Crippen molar-refractivity contribution in [1.29, 1.82) is 0 Å². The van der Waals surface area contributed by atoms with Crippen molar-refractivity contribution in [2.75, 3.05) is 0 Å². The predicted molar refractivity (Wildman–Crippen MR) is 37.6 cm³/mol. The van der Waals surface area contributed by atoms with Crippen LogP contribution in [0.1, 0.15) is 19.8 Å². The molecule has 0 aromatic rings. The summed E-state index contributed by atoms with van der Waals surface area (Å²) in [4.78, 5) is 21.4. The second kappa shape index (κ2) is 2.37. The molecule has 0 amide bonds. The Morgan fingerprint density at radius 2 is 2.10 bits per heavy atom. The van der Waals surface area contributed by atoms with Gasteiger partial charge in [-0.05, 0) is 25.8 Å². The first-order valence-corrected chi connectivity index (χ1v) is 3.38. The Kier molecular flexibility index (Phi) is 1.70. The van der Waals surface area contributed by atoms with E-state index in [2.05, 4.69) is 0 Å². The van der Waals surface area contributed by atoms with Gasteiger partial charge in [0.1, 0.15) is 6.29 Å². The molecule has 0 aromatic heterocycles. The Morgan fingerprint density at radius 1 is 1.50 bits per heavy atom. The van der Waals surface area contributed by atoms with Crippen LogP contribution in [0.4, 0.5) is 0 Å². The van der Waals surface area contributed by atoms with Crippen LogP contribution in [0.3, 0.4) is 0 Å². The third kappa shape index (κ3) is 1.01. The number of carbonyl (C=O) groups is 2. The molecule has 0 saturated heterocycles. The van der Waals surface area contributed by atoms with E-state index in [1.807, 2.05) is 0 Å².